The zero-order valence-electron chi connectivity index (χ0n) is 15.5. The maximum absolute atomic E-state index is 13.7. The molecule has 7 heteroatoms. The van der Waals surface area contributed by atoms with Crippen molar-refractivity contribution < 1.29 is 18.3 Å². The van der Waals surface area contributed by atoms with E-state index in [1.165, 1.54) is 10.6 Å². The number of aromatic nitrogens is 1. The van der Waals surface area contributed by atoms with Crippen LogP contribution >= 0.6 is 11.6 Å². The molecule has 0 saturated carbocycles. The lowest BCUT2D eigenvalue weighted by Crippen LogP contribution is -2.15. The van der Waals surface area contributed by atoms with Gasteiger partial charge in [-0.3, -0.25) is 4.79 Å². The summed E-state index contributed by atoms with van der Waals surface area (Å²) in [5, 5.41) is 9.06. The number of hydrogen-bond acceptors (Lipinski definition) is 3. The highest BCUT2D eigenvalue weighted by molar-refractivity contribution is 7.92. The van der Waals surface area contributed by atoms with Gasteiger partial charge in [-0.25, -0.2) is 8.42 Å². The Bertz CT molecular complexity index is 1190. The Kier molecular flexibility index (Phi) is 5.37. The molecule has 0 spiro atoms. The monoisotopic (exact) mass is 417 g/mol. The van der Waals surface area contributed by atoms with Gasteiger partial charge in [0.15, 0.2) is 9.84 Å². The Morgan fingerprint density at radius 1 is 1.25 bits per heavy atom. The van der Waals surface area contributed by atoms with Crippen molar-refractivity contribution in [2.45, 2.75) is 30.5 Å². The van der Waals surface area contributed by atoms with Crippen LogP contribution in [-0.2, 0) is 21.2 Å². The summed E-state index contributed by atoms with van der Waals surface area (Å²) < 4.78 is 28.9. The van der Waals surface area contributed by atoms with Crippen molar-refractivity contribution in [1.29, 1.82) is 0 Å². The minimum absolute atomic E-state index is 0.109. The standard InChI is InChI=1S/C21H20ClNO4S/c1-4-19(15-7-5-6-8-17(15)22)28(26,27)21-14(3)23(12-20(24)25)18-10-9-13(2)11-16(18)21/h4-11,19H,1,12H2,2-3H3,(H,24,25). The van der Waals surface area contributed by atoms with Crippen molar-refractivity contribution in [3.8, 4) is 0 Å². The van der Waals surface area contributed by atoms with Crippen LogP contribution in [0.3, 0.4) is 0 Å². The van der Waals surface area contributed by atoms with Crippen LogP contribution in [0, 0.1) is 13.8 Å². The van der Waals surface area contributed by atoms with Gasteiger partial charge >= 0.3 is 5.97 Å². The van der Waals surface area contributed by atoms with Gasteiger partial charge in [0, 0.05) is 16.1 Å². The molecule has 0 saturated heterocycles. The number of carboxylic acids is 1. The molecule has 0 fully saturated rings. The third-order valence-electron chi connectivity index (χ3n) is 4.76. The van der Waals surface area contributed by atoms with E-state index in [1.807, 2.05) is 13.0 Å². The number of benzene rings is 2. The van der Waals surface area contributed by atoms with Gasteiger partial charge in [-0.15, -0.1) is 6.58 Å². The molecule has 0 radical (unpaired) electrons. The summed E-state index contributed by atoms with van der Waals surface area (Å²) in [6.07, 6.45) is 1.35. The predicted octanol–water partition coefficient (Wildman–Crippen LogP) is 4.70. The van der Waals surface area contributed by atoms with Crippen molar-refractivity contribution in [2.75, 3.05) is 0 Å². The van der Waals surface area contributed by atoms with E-state index < -0.39 is 21.1 Å². The number of carbonyl (C=O) groups is 1. The molecule has 0 aliphatic rings. The van der Waals surface area contributed by atoms with Crippen LogP contribution in [0.2, 0.25) is 5.02 Å². The van der Waals surface area contributed by atoms with E-state index in [0.29, 0.717) is 27.2 Å². The summed E-state index contributed by atoms with van der Waals surface area (Å²) in [6.45, 7) is 6.87. The molecular weight excluding hydrogens is 398 g/mol. The highest BCUT2D eigenvalue weighted by atomic mass is 35.5. The summed E-state index contributed by atoms with van der Waals surface area (Å²) in [4.78, 5) is 11.5. The number of halogens is 1. The number of sulfone groups is 1. The van der Waals surface area contributed by atoms with Crippen molar-refractivity contribution in [3.05, 3.63) is 77.0 Å². The average Bonchev–Trinajstić information content (AvgIpc) is 2.88. The van der Waals surface area contributed by atoms with E-state index in [0.717, 1.165) is 5.56 Å². The lowest BCUT2D eigenvalue weighted by Gasteiger charge is -2.16. The molecule has 28 heavy (non-hydrogen) atoms. The van der Waals surface area contributed by atoms with E-state index >= 15 is 0 Å². The van der Waals surface area contributed by atoms with Crippen LogP contribution in [0.25, 0.3) is 10.9 Å². The Balaban J connectivity index is 2.34. The van der Waals surface area contributed by atoms with Crippen LogP contribution in [0.5, 0.6) is 0 Å². The number of fused-ring (bicyclic) bond motifs is 1. The van der Waals surface area contributed by atoms with Gasteiger partial charge in [0.05, 0.1) is 10.4 Å². The van der Waals surface area contributed by atoms with Gasteiger partial charge in [-0.05, 0) is 37.6 Å². The number of nitrogens with zero attached hydrogens (tertiary/aromatic N) is 1. The minimum Gasteiger partial charge on any atom is -0.480 e. The molecule has 3 aromatic rings. The summed E-state index contributed by atoms with van der Waals surface area (Å²) in [6, 6.07) is 12.1. The zero-order valence-corrected chi connectivity index (χ0v) is 17.1. The first kappa shape index (κ1) is 20.2. The molecule has 1 heterocycles. The second-order valence-electron chi connectivity index (χ2n) is 6.64. The van der Waals surface area contributed by atoms with Gasteiger partial charge < -0.3 is 9.67 Å². The second-order valence-corrected chi connectivity index (χ2v) is 9.05. The largest absolute Gasteiger partial charge is 0.480 e. The third-order valence-corrected chi connectivity index (χ3v) is 7.30. The van der Waals surface area contributed by atoms with Crippen molar-refractivity contribution in [2.24, 2.45) is 0 Å². The van der Waals surface area contributed by atoms with E-state index in [1.54, 1.807) is 43.3 Å². The van der Waals surface area contributed by atoms with E-state index in [2.05, 4.69) is 6.58 Å². The summed E-state index contributed by atoms with van der Waals surface area (Å²) in [5.74, 6) is -1.05. The molecule has 0 aliphatic carbocycles. The van der Waals surface area contributed by atoms with Gasteiger partial charge in [-0.2, -0.15) is 0 Å². The number of hydrogen-bond donors (Lipinski definition) is 1. The number of aliphatic carboxylic acids is 1. The number of rotatable bonds is 6. The van der Waals surface area contributed by atoms with Crippen LogP contribution in [0.1, 0.15) is 22.1 Å². The topological polar surface area (TPSA) is 76.4 Å². The molecule has 3 rings (SSSR count). The average molecular weight is 418 g/mol. The normalized spacial score (nSPS) is 12.8. The van der Waals surface area contributed by atoms with Gasteiger partial charge in [0.25, 0.3) is 0 Å². The summed E-state index contributed by atoms with van der Waals surface area (Å²) >= 11 is 6.25. The van der Waals surface area contributed by atoms with Gasteiger partial charge in [0.1, 0.15) is 11.8 Å². The SMILES string of the molecule is C=CC(c1ccccc1Cl)S(=O)(=O)c1c(C)n(CC(=O)O)c2ccc(C)cc12. The molecule has 0 bridgehead atoms. The highest BCUT2D eigenvalue weighted by Gasteiger charge is 2.33. The maximum atomic E-state index is 13.7. The van der Waals surface area contributed by atoms with Crippen molar-refractivity contribution in [1.82, 2.24) is 4.57 Å². The predicted molar refractivity (Wildman–Crippen MR) is 111 cm³/mol. The van der Waals surface area contributed by atoms with Crippen LogP contribution in [0.4, 0.5) is 0 Å². The van der Waals surface area contributed by atoms with E-state index in [9.17, 15) is 18.3 Å². The third kappa shape index (κ3) is 3.34. The smallest absolute Gasteiger partial charge is 0.323 e. The van der Waals surface area contributed by atoms with E-state index in [-0.39, 0.29) is 11.4 Å². The molecule has 1 aromatic heterocycles. The zero-order chi connectivity index (χ0) is 20.6. The van der Waals surface area contributed by atoms with Gasteiger partial charge in [0.2, 0.25) is 0 Å². The highest BCUT2D eigenvalue weighted by Crippen LogP contribution is 2.39. The van der Waals surface area contributed by atoms with Gasteiger partial charge in [-0.1, -0.05) is 47.5 Å². The first-order valence-corrected chi connectivity index (χ1v) is 10.5. The minimum atomic E-state index is -3.93. The first-order chi connectivity index (χ1) is 13.2. The fourth-order valence-electron chi connectivity index (χ4n) is 3.52. The second kappa shape index (κ2) is 7.45. The lowest BCUT2D eigenvalue weighted by atomic mass is 10.1. The number of aryl methyl sites for hydroxylation is 1. The number of carboxylic acid groups (broad SMARTS) is 1. The molecule has 5 nitrogen and oxygen atoms in total. The molecule has 0 amide bonds. The van der Waals surface area contributed by atoms with Crippen LogP contribution in [0.15, 0.2) is 60.0 Å². The summed E-state index contributed by atoms with van der Waals surface area (Å²) in [5.41, 5.74) is 2.25. The van der Waals surface area contributed by atoms with Crippen LogP contribution < -0.4 is 0 Å². The Morgan fingerprint density at radius 2 is 1.93 bits per heavy atom. The molecule has 2 aromatic carbocycles. The van der Waals surface area contributed by atoms with Crippen molar-refractivity contribution in [3.63, 3.8) is 0 Å². The van der Waals surface area contributed by atoms with E-state index in [4.69, 9.17) is 11.6 Å². The maximum Gasteiger partial charge on any atom is 0.323 e. The molecule has 1 atom stereocenters. The molecule has 1 N–H and O–H groups in total. The fraction of sp³-hybridized carbons (Fsp3) is 0.190. The molecular formula is C21H20ClNO4S. The molecule has 1 unspecified atom stereocenters. The Morgan fingerprint density at radius 3 is 2.54 bits per heavy atom. The molecule has 146 valence electrons. The lowest BCUT2D eigenvalue weighted by molar-refractivity contribution is -0.137. The molecule has 0 aliphatic heterocycles. The Labute approximate surface area is 168 Å². The van der Waals surface area contributed by atoms with Crippen molar-refractivity contribution >= 4 is 38.3 Å². The summed E-state index contributed by atoms with van der Waals surface area (Å²) in [7, 11) is -3.93. The quantitative estimate of drug-likeness (QED) is 0.590. The van der Waals surface area contributed by atoms with Crippen LogP contribution in [-0.4, -0.2) is 24.1 Å². The fourth-order valence-corrected chi connectivity index (χ4v) is 5.87. The first-order valence-electron chi connectivity index (χ1n) is 8.60. The Hall–Kier alpha value is -2.57.